The topological polar surface area (TPSA) is 29.1 Å². The van der Waals surface area contributed by atoms with Crippen molar-refractivity contribution in [3.63, 3.8) is 0 Å². The lowest BCUT2D eigenvalue weighted by atomic mass is 10.1. The summed E-state index contributed by atoms with van der Waals surface area (Å²) < 4.78 is 0. The molecule has 1 N–H and O–H groups in total. The van der Waals surface area contributed by atoms with Gasteiger partial charge in [-0.1, -0.05) is 6.92 Å². The monoisotopic (exact) mass is 142 g/mol. The fourth-order valence-electron chi connectivity index (χ4n) is 0.641. The van der Waals surface area contributed by atoms with E-state index < -0.39 is 0 Å². The first kappa shape index (κ1) is 9.47. The molecule has 0 saturated heterocycles. The maximum Gasteiger partial charge on any atom is 0.220 e. The van der Waals surface area contributed by atoms with Crippen LogP contribution in [0.1, 0.15) is 33.6 Å². The molecule has 59 valence electrons. The standard InChI is InChI=1S/C8H16NO/c1-5-6-7(10)9-8(2,3)4/h1,5-6H2,2-4H3,(H,9,10). The Labute approximate surface area is 63.0 Å². The number of nitrogens with one attached hydrogen (secondary N) is 1. The van der Waals surface area contributed by atoms with Gasteiger partial charge in [-0.05, 0) is 27.2 Å². The zero-order chi connectivity index (χ0) is 8.20. The summed E-state index contributed by atoms with van der Waals surface area (Å²) in [6, 6.07) is 0. The first-order valence-corrected chi connectivity index (χ1v) is 3.56. The highest BCUT2D eigenvalue weighted by Crippen LogP contribution is 1.99. The molecule has 0 aliphatic carbocycles. The largest absolute Gasteiger partial charge is 0.352 e. The summed E-state index contributed by atoms with van der Waals surface area (Å²) in [6.45, 7) is 9.49. The third-order valence-corrected chi connectivity index (χ3v) is 0.918. The first-order chi connectivity index (χ1) is 4.45. The number of carbonyl (C=O) groups is 1. The maximum atomic E-state index is 10.9. The quantitative estimate of drug-likeness (QED) is 0.622. The Morgan fingerprint density at radius 1 is 1.50 bits per heavy atom. The molecule has 0 bridgehead atoms. The van der Waals surface area contributed by atoms with E-state index in [-0.39, 0.29) is 11.4 Å². The second-order valence-electron chi connectivity index (χ2n) is 3.40. The van der Waals surface area contributed by atoms with E-state index >= 15 is 0 Å². The third kappa shape index (κ3) is 5.60. The highest BCUT2D eigenvalue weighted by Gasteiger charge is 2.11. The molecule has 2 heteroatoms. The van der Waals surface area contributed by atoms with Crippen molar-refractivity contribution in [2.45, 2.75) is 39.2 Å². The van der Waals surface area contributed by atoms with Gasteiger partial charge >= 0.3 is 0 Å². The van der Waals surface area contributed by atoms with Crippen LogP contribution in [-0.4, -0.2) is 11.4 Å². The number of rotatable bonds is 2. The molecule has 0 unspecified atom stereocenters. The van der Waals surface area contributed by atoms with Gasteiger partial charge in [0.25, 0.3) is 0 Å². The van der Waals surface area contributed by atoms with E-state index in [4.69, 9.17) is 0 Å². The van der Waals surface area contributed by atoms with Crippen LogP contribution < -0.4 is 5.32 Å². The molecule has 0 aromatic rings. The molecule has 1 amide bonds. The predicted octanol–water partition coefficient (Wildman–Crippen LogP) is 1.52. The van der Waals surface area contributed by atoms with Crippen molar-refractivity contribution in [3.05, 3.63) is 6.92 Å². The Morgan fingerprint density at radius 3 is 2.30 bits per heavy atom. The molecule has 0 aliphatic heterocycles. The Bertz CT molecular complexity index is 113. The van der Waals surface area contributed by atoms with E-state index in [2.05, 4.69) is 12.2 Å². The van der Waals surface area contributed by atoms with Crippen LogP contribution in [0, 0.1) is 6.92 Å². The zero-order valence-electron chi connectivity index (χ0n) is 7.03. The molecule has 10 heavy (non-hydrogen) atoms. The second-order valence-corrected chi connectivity index (χ2v) is 3.40. The minimum atomic E-state index is -0.105. The summed E-state index contributed by atoms with van der Waals surface area (Å²) in [5, 5.41) is 2.84. The molecule has 2 nitrogen and oxygen atoms in total. The molecular formula is C8H16NO. The van der Waals surface area contributed by atoms with Crippen LogP contribution in [0.2, 0.25) is 0 Å². The fourth-order valence-corrected chi connectivity index (χ4v) is 0.641. The van der Waals surface area contributed by atoms with Gasteiger partial charge in [-0.3, -0.25) is 4.79 Å². The molecule has 0 aliphatic rings. The highest BCUT2D eigenvalue weighted by atomic mass is 16.1. The molecule has 0 heterocycles. The third-order valence-electron chi connectivity index (χ3n) is 0.918. The molecule has 0 rings (SSSR count). The molecule has 0 spiro atoms. The molecule has 0 atom stereocenters. The molecule has 0 fully saturated rings. The number of hydrogen-bond donors (Lipinski definition) is 1. The van der Waals surface area contributed by atoms with Gasteiger partial charge in [0, 0.05) is 12.0 Å². The normalized spacial score (nSPS) is 11.2. The van der Waals surface area contributed by atoms with Crippen LogP contribution in [0.4, 0.5) is 0 Å². The number of hydrogen-bond acceptors (Lipinski definition) is 1. The van der Waals surface area contributed by atoms with E-state index in [0.717, 1.165) is 0 Å². The minimum absolute atomic E-state index is 0.0856. The fraction of sp³-hybridized carbons (Fsp3) is 0.750. The number of amides is 1. The van der Waals surface area contributed by atoms with Gasteiger partial charge in [0.2, 0.25) is 5.91 Å². The van der Waals surface area contributed by atoms with E-state index in [1.165, 1.54) is 0 Å². The summed E-state index contributed by atoms with van der Waals surface area (Å²) >= 11 is 0. The Hall–Kier alpha value is -0.530. The lowest BCUT2D eigenvalue weighted by Gasteiger charge is -2.19. The molecule has 1 radical (unpaired) electrons. The summed E-state index contributed by atoms with van der Waals surface area (Å²) in [5.74, 6) is 0.0856. The maximum absolute atomic E-state index is 10.9. The Kier molecular flexibility index (Phi) is 3.40. The van der Waals surface area contributed by atoms with Gasteiger partial charge in [-0.25, -0.2) is 0 Å². The zero-order valence-corrected chi connectivity index (χ0v) is 7.03. The van der Waals surface area contributed by atoms with Crippen LogP contribution in [0.5, 0.6) is 0 Å². The highest BCUT2D eigenvalue weighted by molar-refractivity contribution is 5.76. The SMILES string of the molecule is [CH2]CCC(=O)NC(C)(C)C. The van der Waals surface area contributed by atoms with Crippen molar-refractivity contribution in [2.75, 3.05) is 0 Å². The Balaban J connectivity index is 3.58. The van der Waals surface area contributed by atoms with Gasteiger partial charge < -0.3 is 5.32 Å². The molecule has 0 aromatic carbocycles. The van der Waals surface area contributed by atoms with Gasteiger partial charge in [0.15, 0.2) is 0 Å². The summed E-state index contributed by atoms with van der Waals surface area (Å²) in [4.78, 5) is 10.9. The van der Waals surface area contributed by atoms with Gasteiger partial charge in [-0.15, -0.1) is 0 Å². The molecular weight excluding hydrogens is 126 g/mol. The predicted molar refractivity (Wildman–Crippen MR) is 42.5 cm³/mol. The average molecular weight is 142 g/mol. The summed E-state index contributed by atoms with van der Waals surface area (Å²) in [7, 11) is 0. The minimum Gasteiger partial charge on any atom is -0.352 e. The van der Waals surface area contributed by atoms with Crippen molar-refractivity contribution >= 4 is 5.91 Å². The average Bonchev–Trinajstić information content (AvgIpc) is 1.59. The molecule has 0 aromatic heterocycles. The van der Waals surface area contributed by atoms with E-state index in [1.807, 2.05) is 20.8 Å². The second kappa shape index (κ2) is 3.59. The molecule has 0 saturated carbocycles. The first-order valence-electron chi connectivity index (χ1n) is 3.56. The van der Waals surface area contributed by atoms with Crippen LogP contribution in [0.15, 0.2) is 0 Å². The lowest BCUT2D eigenvalue weighted by molar-refractivity contribution is -0.122. The summed E-state index contributed by atoms with van der Waals surface area (Å²) in [5.41, 5.74) is -0.105. The van der Waals surface area contributed by atoms with Crippen molar-refractivity contribution in [1.82, 2.24) is 5.32 Å². The van der Waals surface area contributed by atoms with Crippen molar-refractivity contribution in [3.8, 4) is 0 Å². The van der Waals surface area contributed by atoms with E-state index in [9.17, 15) is 4.79 Å². The van der Waals surface area contributed by atoms with Crippen LogP contribution in [0.25, 0.3) is 0 Å². The van der Waals surface area contributed by atoms with Crippen LogP contribution in [-0.2, 0) is 4.79 Å². The summed E-state index contributed by atoms with van der Waals surface area (Å²) in [6.07, 6.45) is 1.19. The van der Waals surface area contributed by atoms with Gasteiger partial charge in [0.05, 0.1) is 0 Å². The lowest BCUT2D eigenvalue weighted by Crippen LogP contribution is -2.40. The Morgan fingerprint density at radius 2 is 2.00 bits per heavy atom. The van der Waals surface area contributed by atoms with Crippen LogP contribution >= 0.6 is 0 Å². The van der Waals surface area contributed by atoms with Crippen molar-refractivity contribution in [1.29, 1.82) is 0 Å². The number of carbonyl (C=O) groups excluding carboxylic acids is 1. The van der Waals surface area contributed by atoms with E-state index in [1.54, 1.807) is 0 Å². The van der Waals surface area contributed by atoms with Crippen LogP contribution in [0.3, 0.4) is 0 Å². The van der Waals surface area contributed by atoms with Crippen molar-refractivity contribution in [2.24, 2.45) is 0 Å². The van der Waals surface area contributed by atoms with E-state index in [0.29, 0.717) is 12.8 Å². The van der Waals surface area contributed by atoms with Gasteiger partial charge in [-0.2, -0.15) is 0 Å². The van der Waals surface area contributed by atoms with Crippen molar-refractivity contribution < 1.29 is 4.79 Å². The smallest absolute Gasteiger partial charge is 0.220 e. The van der Waals surface area contributed by atoms with Gasteiger partial charge in [0.1, 0.15) is 0 Å².